The van der Waals surface area contributed by atoms with Gasteiger partial charge in [0.05, 0.1) is 6.04 Å². The van der Waals surface area contributed by atoms with Crippen LogP contribution in [-0.4, -0.2) is 48.4 Å². The van der Waals surface area contributed by atoms with E-state index in [9.17, 15) is 14.4 Å². The number of guanidine groups is 1. The molecule has 0 saturated heterocycles. The molecule has 10 N–H and O–H groups in total. The zero-order chi connectivity index (χ0) is 25.4. The summed E-state index contributed by atoms with van der Waals surface area (Å²) < 4.78 is 0. The quantitative estimate of drug-likeness (QED) is 0.149. The fraction of sp³-hybridized carbons (Fsp3) is 0.440. The van der Waals surface area contributed by atoms with Crippen LogP contribution in [-0.2, 0) is 20.8 Å². The Labute approximate surface area is 204 Å². The molecule has 0 unspecified atom stereocenters. The predicted molar refractivity (Wildman–Crippen MR) is 136 cm³/mol. The molecule has 4 atom stereocenters. The number of nitrogens with zero attached hydrogens (tertiary/aromatic N) is 1. The number of carbonyl (C=O) groups excluding carboxylic acids is 3. The summed E-state index contributed by atoms with van der Waals surface area (Å²) in [6.07, 6.45) is 3.11. The Balaban J connectivity index is 1.51. The molecule has 2 aromatic rings. The van der Waals surface area contributed by atoms with Crippen molar-refractivity contribution in [3.05, 3.63) is 48.0 Å². The van der Waals surface area contributed by atoms with Crippen LogP contribution in [0.2, 0.25) is 0 Å². The van der Waals surface area contributed by atoms with Gasteiger partial charge in [0.2, 0.25) is 17.7 Å². The molecule has 0 aliphatic heterocycles. The van der Waals surface area contributed by atoms with E-state index >= 15 is 0 Å². The van der Waals surface area contributed by atoms with Crippen molar-refractivity contribution in [3.8, 4) is 0 Å². The minimum absolute atomic E-state index is 0.00833. The van der Waals surface area contributed by atoms with Gasteiger partial charge in [-0.05, 0) is 48.4 Å². The lowest BCUT2D eigenvalue weighted by Gasteiger charge is -2.20. The minimum Gasteiger partial charge on any atom is -0.370 e. The van der Waals surface area contributed by atoms with Gasteiger partial charge >= 0.3 is 0 Å². The lowest BCUT2D eigenvalue weighted by atomic mass is 9.97. The van der Waals surface area contributed by atoms with Crippen molar-refractivity contribution in [2.24, 2.45) is 33.8 Å². The summed E-state index contributed by atoms with van der Waals surface area (Å²) in [7, 11) is 0. The summed E-state index contributed by atoms with van der Waals surface area (Å²) in [6, 6.07) is 12.1. The minimum atomic E-state index is -0.819. The first-order chi connectivity index (χ1) is 16.7. The van der Waals surface area contributed by atoms with Gasteiger partial charge in [0.25, 0.3) is 0 Å². The second-order valence-electron chi connectivity index (χ2n) is 9.08. The van der Waals surface area contributed by atoms with E-state index in [1.807, 2.05) is 42.5 Å². The highest BCUT2D eigenvalue weighted by Crippen LogP contribution is 2.26. The van der Waals surface area contributed by atoms with Gasteiger partial charge in [0, 0.05) is 24.9 Å². The van der Waals surface area contributed by atoms with E-state index in [1.54, 1.807) is 0 Å². The van der Waals surface area contributed by atoms with E-state index < -0.39 is 18.0 Å². The fourth-order valence-electron chi connectivity index (χ4n) is 4.51. The SMILES string of the molecule is NC(=O)[C@H](Cc1cccc2ccccc12)NC(=O)[C@@H]1CC[C@H](NC(=O)[C@@H](N)CCCN=C(N)N)C1. The van der Waals surface area contributed by atoms with E-state index in [0.29, 0.717) is 45.1 Å². The lowest BCUT2D eigenvalue weighted by Crippen LogP contribution is -2.48. The number of hydrogen-bond donors (Lipinski definition) is 6. The van der Waals surface area contributed by atoms with Crippen LogP contribution >= 0.6 is 0 Å². The third-order valence-corrected chi connectivity index (χ3v) is 6.42. The Morgan fingerprint density at radius 3 is 2.51 bits per heavy atom. The Kier molecular flexibility index (Phi) is 9.02. The molecule has 3 amide bonds. The van der Waals surface area contributed by atoms with Crippen LogP contribution < -0.4 is 33.6 Å². The van der Waals surface area contributed by atoms with E-state index in [0.717, 1.165) is 16.3 Å². The largest absolute Gasteiger partial charge is 0.370 e. The Morgan fingerprint density at radius 1 is 1.03 bits per heavy atom. The number of aliphatic imine (C=N–C) groups is 1. The first kappa shape index (κ1) is 26.0. The van der Waals surface area contributed by atoms with Gasteiger partial charge in [-0.25, -0.2) is 0 Å². The van der Waals surface area contributed by atoms with Crippen LogP contribution in [0.1, 0.15) is 37.7 Å². The smallest absolute Gasteiger partial charge is 0.240 e. The van der Waals surface area contributed by atoms with Gasteiger partial charge < -0.3 is 33.6 Å². The third kappa shape index (κ3) is 7.41. The molecule has 0 aromatic heterocycles. The number of nitrogens with two attached hydrogens (primary N) is 4. The van der Waals surface area contributed by atoms with E-state index in [-0.39, 0.29) is 29.7 Å². The molecule has 1 saturated carbocycles. The molecule has 0 bridgehead atoms. The molecule has 0 radical (unpaired) electrons. The summed E-state index contributed by atoms with van der Waals surface area (Å²) >= 11 is 0. The first-order valence-electron chi connectivity index (χ1n) is 11.9. The monoisotopic (exact) mass is 481 g/mol. The molecule has 1 aliphatic rings. The number of amides is 3. The standard InChI is InChI=1S/C25H35N7O3/c26-20(9-4-12-30-25(28)29)24(35)31-18-11-10-17(13-18)23(34)32-21(22(27)33)14-16-7-3-6-15-5-1-2-8-19(15)16/h1-3,5-8,17-18,20-21H,4,9-14,26H2,(H2,27,33)(H,31,35)(H,32,34)(H4,28,29,30)/t17-,18+,20+,21+/m1/s1. The van der Waals surface area contributed by atoms with Crippen molar-refractivity contribution in [1.29, 1.82) is 0 Å². The number of primary amides is 1. The Hall–Kier alpha value is -3.66. The van der Waals surface area contributed by atoms with Crippen LogP contribution in [0.15, 0.2) is 47.5 Å². The third-order valence-electron chi connectivity index (χ3n) is 6.42. The van der Waals surface area contributed by atoms with Gasteiger partial charge in [-0.2, -0.15) is 0 Å². The number of fused-ring (bicyclic) bond motifs is 1. The number of carbonyl (C=O) groups is 3. The molecule has 10 nitrogen and oxygen atoms in total. The highest BCUT2D eigenvalue weighted by molar-refractivity contribution is 5.90. The molecule has 1 fully saturated rings. The van der Waals surface area contributed by atoms with Gasteiger partial charge in [-0.1, -0.05) is 42.5 Å². The molecule has 3 rings (SSSR count). The van der Waals surface area contributed by atoms with Gasteiger partial charge in [-0.3, -0.25) is 19.4 Å². The molecule has 0 heterocycles. The molecule has 2 aromatic carbocycles. The maximum absolute atomic E-state index is 12.9. The molecular formula is C25H35N7O3. The van der Waals surface area contributed by atoms with Crippen molar-refractivity contribution in [3.63, 3.8) is 0 Å². The maximum Gasteiger partial charge on any atom is 0.240 e. The zero-order valence-electron chi connectivity index (χ0n) is 19.8. The maximum atomic E-state index is 12.9. The number of nitrogens with one attached hydrogen (secondary N) is 2. The number of hydrogen-bond acceptors (Lipinski definition) is 5. The summed E-state index contributed by atoms with van der Waals surface area (Å²) in [5, 5.41) is 7.84. The van der Waals surface area contributed by atoms with Gasteiger partial charge in [-0.15, -0.1) is 0 Å². The van der Waals surface area contributed by atoms with E-state index in [4.69, 9.17) is 22.9 Å². The van der Waals surface area contributed by atoms with Crippen LogP contribution in [0.5, 0.6) is 0 Å². The van der Waals surface area contributed by atoms with Gasteiger partial charge in [0.1, 0.15) is 6.04 Å². The average Bonchev–Trinajstić information content (AvgIpc) is 3.29. The van der Waals surface area contributed by atoms with E-state index in [2.05, 4.69) is 15.6 Å². The van der Waals surface area contributed by atoms with Crippen molar-refractivity contribution in [1.82, 2.24) is 10.6 Å². The van der Waals surface area contributed by atoms with Crippen molar-refractivity contribution < 1.29 is 14.4 Å². The molecule has 35 heavy (non-hydrogen) atoms. The van der Waals surface area contributed by atoms with Crippen LogP contribution in [0.25, 0.3) is 10.8 Å². The van der Waals surface area contributed by atoms with Crippen LogP contribution in [0, 0.1) is 5.92 Å². The molecule has 0 spiro atoms. The second-order valence-corrected chi connectivity index (χ2v) is 9.08. The Bertz CT molecular complexity index is 1080. The van der Waals surface area contributed by atoms with Crippen molar-refractivity contribution in [2.75, 3.05) is 6.54 Å². The van der Waals surface area contributed by atoms with Gasteiger partial charge in [0.15, 0.2) is 5.96 Å². The predicted octanol–water partition coefficient (Wildman–Crippen LogP) is 0.0182. The Morgan fingerprint density at radius 2 is 1.77 bits per heavy atom. The normalized spacial score (nSPS) is 19.0. The molecule has 188 valence electrons. The van der Waals surface area contributed by atoms with E-state index in [1.165, 1.54) is 0 Å². The lowest BCUT2D eigenvalue weighted by molar-refractivity contribution is -0.130. The topological polar surface area (TPSA) is 192 Å². The highest BCUT2D eigenvalue weighted by Gasteiger charge is 2.33. The number of rotatable bonds is 11. The molecule has 1 aliphatic carbocycles. The summed E-state index contributed by atoms with van der Waals surface area (Å²) in [5.41, 5.74) is 23.1. The van der Waals surface area contributed by atoms with Crippen molar-refractivity contribution in [2.45, 2.75) is 56.7 Å². The molecular weight excluding hydrogens is 446 g/mol. The zero-order valence-corrected chi connectivity index (χ0v) is 19.8. The van der Waals surface area contributed by atoms with Crippen LogP contribution in [0.4, 0.5) is 0 Å². The highest BCUT2D eigenvalue weighted by atomic mass is 16.2. The van der Waals surface area contributed by atoms with Crippen molar-refractivity contribution >= 4 is 34.5 Å². The van der Waals surface area contributed by atoms with Crippen LogP contribution in [0.3, 0.4) is 0 Å². The fourth-order valence-corrected chi connectivity index (χ4v) is 4.51. The summed E-state index contributed by atoms with van der Waals surface area (Å²) in [6.45, 7) is 0.411. The number of benzene rings is 2. The molecule has 10 heteroatoms. The average molecular weight is 482 g/mol. The summed E-state index contributed by atoms with van der Waals surface area (Å²) in [4.78, 5) is 41.3. The first-order valence-corrected chi connectivity index (χ1v) is 11.9. The second kappa shape index (κ2) is 12.2. The summed E-state index contributed by atoms with van der Waals surface area (Å²) in [5.74, 6) is -1.37.